The van der Waals surface area contributed by atoms with Gasteiger partial charge < -0.3 is 8.54 Å². The number of hydrogen-bond acceptors (Lipinski definition) is 2. The molecule has 2 nitrogen and oxygen atoms in total. The lowest BCUT2D eigenvalue weighted by Gasteiger charge is -2.29. The first-order valence-electron chi connectivity index (χ1n) is 5.78. The van der Waals surface area contributed by atoms with Gasteiger partial charge >= 0.3 is 8.56 Å². The number of hydrogen-bond donors (Lipinski definition) is 0. The van der Waals surface area contributed by atoms with Crippen LogP contribution in [-0.4, -0.2) is 17.6 Å². The summed E-state index contributed by atoms with van der Waals surface area (Å²) >= 11 is 0. The lowest BCUT2D eigenvalue weighted by molar-refractivity contribution is 0.297. The smallest absolute Gasteiger partial charge is 0.381 e. The fourth-order valence-electron chi connectivity index (χ4n) is 2.00. The molecule has 0 aromatic heterocycles. The molecule has 1 atom stereocenters. The van der Waals surface area contributed by atoms with Gasteiger partial charge in [0.2, 0.25) is 0 Å². The molecule has 0 aromatic carbocycles. The molecule has 1 aliphatic rings. The van der Waals surface area contributed by atoms with Crippen LogP contribution in [0.4, 0.5) is 0 Å². The Morgan fingerprint density at radius 1 is 1.40 bits per heavy atom. The van der Waals surface area contributed by atoms with Gasteiger partial charge in [0.05, 0.1) is 5.76 Å². The summed E-state index contributed by atoms with van der Waals surface area (Å²) in [4.78, 5) is 0. The molecule has 0 aromatic rings. The highest BCUT2D eigenvalue weighted by Gasteiger charge is 2.29. The maximum atomic E-state index is 6.06. The Balaban J connectivity index is 2.52. The Morgan fingerprint density at radius 2 is 2.07 bits per heavy atom. The molecule has 15 heavy (non-hydrogen) atoms. The number of allylic oxidation sites excluding steroid dienone is 2. The van der Waals surface area contributed by atoms with Crippen LogP contribution < -0.4 is 0 Å². The fourth-order valence-corrected chi connectivity index (χ4v) is 6.90. The molecule has 0 spiro atoms. The Hall–Kier alpha value is -0.0662. The van der Waals surface area contributed by atoms with Gasteiger partial charge in [-0.25, -0.2) is 0 Å². The van der Waals surface area contributed by atoms with Crippen LogP contribution in [0.5, 0.6) is 0 Å². The molecule has 1 unspecified atom stereocenters. The molecule has 0 saturated carbocycles. The third-order valence-electron chi connectivity index (χ3n) is 2.38. The van der Waals surface area contributed by atoms with Gasteiger partial charge in [0.1, 0.15) is 0 Å². The van der Waals surface area contributed by atoms with Crippen LogP contribution in [0, 0.1) is 5.92 Å². The summed E-state index contributed by atoms with van der Waals surface area (Å²) in [5.41, 5.74) is 0. The van der Waals surface area contributed by atoms with E-state index in [-0.39, 0.29) is 0 Å². The molecule has 1 rings (SSSR count). The van der Waals surface area contributed by atoms with Crippen LogP contribution in [0.2, 0.25) is 26.2 Å². The first-order chi connectivity index (χ1) is 6.89. The molecule has 0 amide bonds. The van der Waals surface area contributed by atoms with E-state index in [9.17, 15) is 0 Å². The van der Waals surface area contributed by atoms with Crippen LogP contribution in [0.15, 0.2) is 11.8 Å². The van der Waals surface area contributed by atoms with Crippen molar-refractivity contribution in [3.05, 3.63) is 11.8 Å². The summed E-state index contributed by atoms with van der Waals surface area (Å²) in [5.74, 6) is 1.85. The molecule has 0 bridgehead atoms. The van der Waals surface area contributed by atoms with Gasteiger partial charge in [-0.1, -0.05) is 6.92 Å². The van der Waals surface area contributed by atoms with Crippen LogP contribution in [0.1, 0.15) is 26.2 Å². The predicted molar refractivity (Wildman–Crippen MR) is 68.2 cm³/mol. The third kappa shape index (κ3) is 4.99. The molecule has 0 N–H and O–H groups in total. The Morgan fingerprint density at radius 3 is 2.60 bits per heavy atom. The zero-order valence-electron chi connectivity index (χ0n) is 10.6. The summed E-state index contributed by atoms with van der Waals surface area (Å²) in [5, 5.41) is 0. The van der Waals surface area contributed by atoms with Crippen molar-refractivity contribution in [3.63, 3.8) is 0 Å². The molecule has 1 radical (unpaired) electrons. The van der Waals surface area contributed by atoms with E-state index in [1.54, 1.807) is 0 Å². The van der Waals surface area contributed by atoms with Crippen LogP contribution >= 0.6 is 0 Å². The number of rotatable bonds is 4. The maximum Gasteiger partial charge on any atom is 0.381 e. The van der Waals surface area contributed by atoms with Crippen molar-refractivity contribution in [1.82, 2.24) is 0 Å². The first-order valence-corrected chi connectivity index (χ1v) is 11.0. The van der Waals surface area contributed by atoms with Crippen molar-refractivity contribution in [1.29, 1.82) is 0 Å². The van der Waals surface area contributed by atoms with E-state index < -0.39 is 17.6 Å². The van der Waals surface area contributed by atoms with Crippen molar-refractivity contribution in [2.24, 2.45) is 5.92 Å². The van der Waals surface area contributed by atoms with E-state index in [0.717, 1.165) is 6.42 Å². The molecule has 4 heteroatoms. The summed E-state index contributed by atoms with van der Waals surface area (Å²) in [6.07, 6.45) is 5.93. The van der Waals surface area contributed by atoms with Gasteiger partial charge in [0, 0.05) is 6.42 Å². The molecule has 0 aliphatic heterocycles. The average Bonchev–Trinajstić information content (AvgIpc) is 1.99. The molecular formula is C11H23O2Si2. The SMILES string of the molecule is CC1C=C(O[Si](C)(C)O[Si](C)C)CCC1. The topological polar surface area (TPSA) is 18.5 Å². The van der Waals surface area contributed by atoms with E-state index in [4.69, 9.17) is 8.54 Å². The minimum Gasteiger partial charge on any atom is -0.525 e. The summed E-state index contributed by atoms with van der Waals surface area (Å²) in [6, 6.07) is 0. The van der Waals surface area contributed by atoms with Crippen molar-refractivity contribution < 1.29 is 8.54 Å². The van der Waals surface area contributed by atoms with Gasteiger partial charge in [0.25, 0.3) is 0 Å². The Labute approximate surface area is 96.6 Å². The zero-order valence-corrected chi connectivity index (χ0v) is 12.6. The van der Waals surface area contributed by atoms with Crippen LogP contribution in [0.3, 0.4) is 0 Å². The quantitative estimate of drug-likeness (QED) is 0.701. The van der Waals surface area contributed by atoms with Gasteiger partial charge in [-0.3, -0.25) is 0 Å². The van der Waals surface area contributed by atoms with Crippen molar-refractivity contribution in [2.45, 2.75) is 52.4 Å². The maximum absolute atomic E-state index is 6.06. The van der Waals surface area contributed by atoms with Gasteiger partial charge in [-0.15, -0.1) is 0 Å². The van der Waals surface area contributed by atoms with Crippen LogP contribution in [-0.2, 0) is 8.54 Å². The zero-order chi connectivity index (χ0) is 11.5. The van der Waals surface area contributed by atoms with Crippen molar-refractivity contribution >= 4 is 17.6 Å². The van der Waals surface area contributed by atoms with Gasteiger partial charge in [0.15, 0.2) is 9.04 Å². The Bertz CT molecular complexity index is 237. The van der Waals surface area contributed by atoms with Crippen molar-refractivity contribution in [3.8, 4) is 0 Å². The second-order valence-electron chi connectivity index (χ2n) is 5.01. The lowest BCUT2D eigenvalue weighted by Crippen LogP contribution is -2.38. The minimum atomic E-state index is -1.91. The van der Waals surface area contributed by atoms with E-state index in [1.807, 2.05) is 0 Å². The highest BCUT2D eigenvalue weighted by Crippen LogP contribution is 2.26. The molecular weight excluding hydrogens is 220 g/mol. The monoisotopic (exact) mass is 243 g/mol. The van der Waals surface area contributed by atoms with E-state index in [0.29, 0.717) is 5.92 Å². The average molecular weight is 243 g/mol. The summed E-state index contributed by atoms with van der Waals surface area (Å²) in [7, 11) is -2.55. The molecule has 0 fully saturated rings. The highest BCUT2D eigenvalue weighted by atomic mass is 28.4. The minimum absolute atomic E-state index is 0.645. The second-order valence-corrected chi connectivity index (χ2v) is 10.7. The van der Waals surface area contributed by atoms with E-state index >= 15 is 0 Å². The predicted octanol–water partition coefficient (Wildman–Crippen LogP) is 3.68. The van der Waals surface area contributed by atoms with Crippen LogP contribution in [0.25, 0.3) is 0 Å². The van der Waals surface area contributed by atoms with E-state index in [1.165, 1.54) is 18.6 Å². The molecule has 0 heterocycles. The largest absolute Gasteiger partial charge is 0.525 e. The molecule has 87 valence electrons. The standard InChI is InChI=1S/C11H23O2Si2/c1-10-7-6-8-11(9-10)12-15(4,5)13-14(2)3/h9-10H,6-8H2,1-5H3. The second kappa shape index (κ2) is 5.32. The fraction of sp³-hybridized carbons (Fsp3) is 0.818. The third-order valence-corrected chi connectivity index (χ3v) is 6.73. The van der Waals surface area contributed by atoms with Gasteiger partial charge in [-0.2, -0.15) is 0 Å². The Kier molecular flexibility index (Phi) is 4.61. The summed E-state index contributed by atoms with van der Waals surface area (Å²) in [6.45, 7) is 10.9. The molecule has 0 saturated heterocycles. The highest BCUT2D eigenvalue weighted by molar-refractivity contribution is 6.73. The molecule has 1 aliphatic carbocycles. The summed E-state index contributed by atoms with van der Waals surface area (Å²) < 4.78 is 12.0. The normalized spacial score (nSPS) is 22.8. The van der Waals surface area contributed by atoms with Crippen molar-refractivity contribution in [2.75, 3.05) is 0 Å². The van der Waals surface area contributed by atoms with Gasteiger partial charge in [-0.05, 0) is 51.0 Å². The van der Waals surface area contributed by atoms with E-state index in [2.05, 4.69) is 39.2 Å². The lowest BCUT2D eigenvalue weighted by atomic mass is 9.97. The first kappa shape index (κ1) is 13.0.